The maximum Gasteiger partial charge on any atom is 0.416 e. The van der Waals surface area contributed by atoms with Crippen LogP contribution in [0.5, 0.6) is 0 Å². The van der Waals surface area contributed by atoms with Crippen LogP contribution in [0.4, 0.5) is 18.0 Å². The SMILES string of the molecule is C[C@@H](NC(=O)c1cc(C2CCN(C3COC3)CC2)ccn1)c1ccc(-c2cc(C(F)(F)F)ccc2CNC(=O)O)cc1. The topological polar surface area (TPSA) is 104 Å². The van der Waals surface area contributed by atoms with Crippen LogP contribution in [-0.4, -0.2) is 59.3 Å². The summed E-state index contributed by atoms with van der Waals surface area (Å²) in [6, 6.07) is 14.0. The minimum atomic E-state index is -4.54. The molecular weight excluding hydrogens is 549 g/mol. The first kappa shape index (κ1) is 29.5. The predicted octanol–water partition coefficient (Wildman–Crippen LogP) is 5.60. The van der Waals surface area contributed by atoms with Gasteiger partial charge in [0.25, 0.3) is 5.91 Å². The molecule has 2 aliphatic heterocycles. The molecule has 3 aromatic rings. The number of benzene rings is 2. The molecule has 2 amide bonds. The molecule has 8 nitrogen and oxygen atoms in total. The summed E-state index contributed by atoms with van der Waals surface area (Å²) in [5, 5.41) is 14.1. The molecule has 0 saturated carbocycles. The van der Waals surface area contributed by atoms with Crippen molar-refractivity contribution < 1.29 is 32.6 Å². The Labute approximate surface area is 241 Å². The van der Waals surface area contributed by atoms with E-state index in [-0.39, 0.29) is 24.1 Å². The molecule has 42 heavy (non-hydrogen) atoms. The highest BCUT2D eigenvalue weighted by Crippen LogP contribution is 2.35. The number of amides is 2. The van der Waals surface area contributed by atoms with Gasteiger partial charge in [-0.3, -0.25) is 14.7 Å². The van der Waals surface area contributed by atoms with Crippen molar-refractivity contribution in [2.45, 2.75) is 50.5 Å². The van der Waals surface area contributed by atoms with Crippen molar-refractivity contribution >= 4 is 12.0 Å². The van der Waals surface area contributed by atoms with Gasteiger partial charge in [-0.2, -0.15) is 13.2 Å². The van der Waals surface area contributed by atoms with Crippen LogP contribution in [0.1, 0.15) is 64.5 Å². The van der Waals surface area contributed by atoms with Crippen molar-refractivity contribution in [1.82, 2.24) is 20.5 Å². The first-order valence-electron chi connectivity index (χ1n) is 13.9. The Morgan fingerprint density at radius 2 is 1.79 bits per heavy atom. The number of nitrogens with zero attached hydrogens (tertiary/aromatic N) is 2. The van der Waals surface area contributed by atoms with E-state index in [4.69, 9.17) is 9.84 Å². The summed E-state index contributed by atoms with van der Waals surface area (Å²) in [7, 11) is 0. The van der Waals surface area contributed by atoms with Crippen molar-refractivity contribution in [2.24, 2.45) is 0 Å². The molecule has 3 N–H and O–H groups in total. The monoisotopic (exact) mass is 582 g/mol. The van der Waals surface area contributed by atoms with Gasteiger partial charge in [0.2, 0.25) is 0 Å². The third-order valence-electron chi connectivity index (χ3n) is 8.09. The number of nitrogens with one attached hydrogen (secondary N) is 2. The first-order chi connectivity index (χ1) is 20.1. The number of carboxylic acid groups (broad SMARTS) is 1. The first-order valence-corrected chi connectivity index (χ1v) is 13.9. The Morgan fingerprint density at radius 3 is 2.40 bits per heavy atom. The summed E-state index contributed by atoms with van der Waals surface area (Å²) in [6.07, 6.45) is -2.11. The number of ether oxygens (including phenoxy) is 1. The molecule has 1 atom stereocenters. The fraction of sp³-hybridized carbons (Fsp3) is 0.387. The molecule has 0 radical (unpaired) electrons. The number of piperidine rings is 1. The highest BCUT2D eigenvalue weighted by Gasteiger charge is 2.32. The van der Waals surface area contributed by atoms with Gasteiger partial charge < -0.3 is 20.5 Å². The number of carbonyl (C=O) groups is 2. The molecule has 0 spiro atoms. The molecule has 0 bridgehead atoms. The average Bonchev–Trinajstić information content (AvgIpc) is 2.95. The van der Waals surface area contributed by atoms with Gasteiger partial charge in [-0.1, -0.05) is 30.3 Å². The molecule has 2 fully saturated rings. The van der Waals surface area contributed by atoms with E-state index < -0.39 is 17.8 Å². The van der Waals surface area contributed by atoms with Crippen LogP contribution < -0.4 is 10.6 Å². The normalized spacial score (nSPS) is 17.3. The lowest BCUT2D eigenvalue weighted by Crippen LogP contribution is -2.51. The van der Waals surface area contributed by atoms with Crippen molar-refractivity contribution in [1.29, 1.82) is 0 Å². The van der Waals surface area contributed by atoms with E-state index in [1.807, 2.05) is 19.1 Å². The van der Waals surface area contributed by atoms with E-state index in [9.17, 15) is 22.8 Å². The molecule has 2 aliphatic rings. The molecule has 2 saturated heterocycles. The van der Waals surface area contributed by atoms with Crippen molar-refractivity contribution in [3.05, 3.63) is 88.7 Å². The zero-order chi connectivity index (χ0) is 29.9. The van der Waals surface area contributed by atoms with Gasteiger partial charge >= 0.3 is 12.3 Å². The van der Waals surface area contributed by atoms with Crippen molar-refractivity contribution in [3.63, 3.8) is 0 Å². The summed E-state index contributed by atoms with van der Waals surface area (Å²) >= 11 is 0. The highest BCUT2D eigenvalue weighted by atomic mass is 19.4. The average molecular weight is 583 g/mol. The van der Waals surface area contributed by atoms with Gasteiger partial charge in [0.15, 0.2) is 0 Å². The predicted molar refractivity (Wildman–Crippen MR) is 150 cm³/mol. The maximum atomic E-state index is 13.4. The number of alkyl halides is 3. The fourth-order valence-corrected chi connectivity index (χ4v) is 5.51. The summed E-state index contributed by atoms with van der Waals surface area (Å²) in [4.78, 5) is 30.8. The molecule has 0 unspecified atom stereocenters. The minimum Gasteiger partial charge on any atom is -0.465 e. The Bertz CT molecular complexity index is 1420. The van der Waals surface area contributed by atoms with Gasteiger partial charge in [-0.25, -0.2) is 4.79 Å². The number of hydrogen-bond donors (Lipinski definition) is 3. The number of halogens is 3. The van der Waals surface area contributed by atoms with E-state index in [0.717, 1.165) is 62.4 Å². The fourth-order valence-electron chi connectivity index (χ4n) is 5.51. The van der Waals surface area contributed by atoms with Crippen LogP contribution in [0.15, 0.2) is 60.8 Å². The second-order valence-corrected chi connectivity index (χ2v) is 10.8. The van der Waals surface area contributed by atoms with Crippen LogP contribution >= 0.6 is 0 Å². The Morgan fingerprint density at radius 1 is 1.07 bits per heavy atom. The zero-order valence-corrected chi connectivity index (χ0v) is 23.2. The third-order valence-corrected chi connectivity index (χ3v) is 8.09. The molecular formula is C31H33F3N4O4. The minimum absolute atomic E-state index is 0.141. The second kappa shape index (κ2) is 12.5. The number of likely N-dealkylation sites (tertiary alicyclic amines) is 1. The number of rotatable bonds is 8. The van der Waals surface area contributed by atoms with Gasteiger partial charge in [0.1, 0.15) is 5.69 Å². The maximum absolute atomic E-state index is 13.4. The van der Waals surface area contributed by atoms with Crippen molar-refractivity contribution in [2.75, 3.05) is 26.3 Å². The van der Waals surface area contributed by atoms with E-state index in [1.54, 1.807) is 30.5 Å². The summed E-state index contributed by atoms with van der Waals surface area (Å²) < 4.78 is 45.5. The Balaban J connectivity index is 1.25. The Kier molecular flexibility index (Phi) is 8.79. The van der Waals surface area contributed by atoms with Gasteiger partial charge in [-0.15, -0.1) is 0 Å². The van der Waals surface area contributed by atoms with Crippen molar-refractivity contribution in [3.8, 4) is 11.1 Å². The summed E-state index contributed by atoms with van der Waals surface area (Å²) in [6.45, 7) is 5.31. The van der Waals surface area contributed by atoms with E-state index in [2.05, 4.69) is 20.5 Å². The van der Waals surface area contributed by atoms with Gasteiger partial charge in [0.05, 0.1) is 30.9 Å². The van der Waals surface area contributed by atoms with Crippen LogP contribution in [0, 0.1) is 0 Å². The molecule has 5 rings (SSSR count). The summed E-state index contributed by atoms with van der Waals surface area (Å²) in [5.74, 6) is 0.0607. The second-order valence-electron chi connectivity index (χ2n) is 10.8. The van der Waals surface area contributed by atoms with Gasteiger partial charge in [-0.05, 0) is 90.9 Å². The summed E-state index contributed by atoms with van der Waals surface area (Å²) in [5.41, 5.74) is 2.55. The smallest absolute Gasteiger partial charge is 0.416 e. The number of carbonyl (C=O) groups excluding carboxylic acids is 1. The highest BCUT2D eigenvalue weighted by molar-refractivity contribution is 5.92. The number of pyridine rings is 1. The van der Waals surface area contributed by atoms with E-state index >= 15 is 0 Å². The van der Waals surface area contributed by atoms with Crippen LogP contribution in [0.3, 0.4) is 0 Å². The standard InChI is InChI=1S/C31H33F3N4O4/c1-19(37-29(39)28-14-23(8-11-35-28)21-9-12-38(13-10-21)26-17-42-18-26)20-2-4-22(5-3-20)27-15-25(31(32,33)34)7-6-24(27)16-36-30(40)41/h2-8,11,14-15,19,21,26,36H,9-10,12-13,16-18H2,1H3,(H,37,39)(H,40,41)/t19-/m1/s1. The third kappa shape index (κ3) is 6.91. The largest absolute Gasteiger partial charge is 0.465 e. The molecule has 3 heterocycles. The Hall–Kier alpha value is -3.96. The zero-order valence-electron chi connectivity index (χ0n) is 23.2. The molecule has 11 heteroatoms. The molecule has 0 aliphatic carbocycles. The lowest BCUT2D eigenvalue weighted by Gasteiger charge is -2.41. The van der Waals surface area contributed by atoms with Crippen LogP contribution in [0.25, 0.3) is 11.1 Å². The van der Waals surface area contributed by atoms with Crippen LogP contribution in [-0.2, 0) is 17.5 Å². The molecule has 1 aromatic heterocycles. The van der Waals surface area contributed by atoms with E-state index in [1.165, 1.54) is 6.07 Å². The lowest BCUT2D eigenvalue weighted by atomic mass is 9.89. The lowest BCUT2D eigenvalue weighted by molar-refractivity contribution is -0.137. The van der Waals surface area contributed by atoms with Gasteiger partial charge in [0, 0.05) is 12.7 Å². The number of aromatic nitrogens is 1. The number of hydrogen-bond acceptors (Lipinski definition) is 5. The molecule has 2 aromatic carbocycles. The molecule has 222 valence electrons. The van der Waals surface area contributed by atoms with E-state index in [0.29, 0.717) is 28.8 Å². The van der Waals surface area contributed by atoms with Crippen LogP contribution in [0.2, 0.25) is 0 Å². The quantitative estimate of drug-likeness (QED) is 0.319.